The lowest BCUT2D eigenvalue weighted by Gasteiger charge is -2.34. The van der Waals surface area contributed by atoms with E-state index >= 15 is 0 Å². The molecule has 158 valence electrons. The van der Waals surface area contributed by atoms with Gasteiger partial charge >= 0.3 is 0 Å². The van der Waals surface area contributed by atoms with E-state index in [0.717, 1.165) is 57.4 Å². The molecule has 28 heavy (non-hydrogen) atoms. The number of nitrogens with zero attached hydrogens (tertiary/aromatic N) is 3. The molecule has 1 saturated heterocycles. The van der Waals surface area contributed by atoms with E-state index in [2.05, 4.69) is 41.4 Å². The number of ether oxygens (including phenoxy) is 1. The van der Waals surface area contributed by atoms with Crippen LogP contribution >= 0.6 is 11.3 Å². The predicted molar refractivity (Wildman–Crippen MR) is 118 cm³/mol. The van der Waals surface area contributed by atoms with E-state index in [4.69, 9.17) is 9.72 Å². The maximum Gasteiger partial charge on any atom is 0.193 e. The molecule has 0 unspecified atom stereocenters. The van der Waals surface area contributed by atoms with E-state index < -0.39 is 0 Å². The summed E-state index contributed by atoms with van der Waals surface area (Å²) < 4.78 is 6.20. The summed E-state index contributed by atoms with van der Waals surface area (Å²) in [4.78, 5) is 11.7. The van der Waals surface area contributed by atoms with Gasteiger partial charge in [0.25, 0.3) is 0 Å². The van der Waals surface area contributed by atoms with Crippen molar-refractivity contribution >= 4 is 17.3 Å². The summed E-state index contributed by atoms with van der Waals surface area (Å²) in [6, 6.07) is 0. The number of thiazole rings is 1. The molecule has 1 N–H and O–H groups in total. The van der Waals surface area contributed by atoms with Crippen molar-refractivity contribution in [2.75, 3.05) is 33.3 Å². The summed E-state index contributed by atoms with van der Waals surface area (Å²) in [5.74, 6) is 1.83. The molecule has 1 aromatic heterocycles. The minimum atomic E-state index is 0.127. The molecule has 0 amide bonds. The number of nitrogens with one attached hydrogen (secondary N) is 1. The molecule has 1 saturated carbocycles. The third-order valence-corrected chi connectivity index (χ3v) is 6.85. The first-order chi connectivity index (χ1) is 13.5. The van der Waals surface area contributed by atoms with Crippen LogP contribution in [0.3, 0.4) is 0 Å². The van der Waals surface area contributed by atoms with Gasteiger partial charge in [0.2, 0.25) is 0 Å². The quantitative estimate of drug-likeness (QED) is 0.567. The number of aromatic nitrogens is 1. The van der Waals surface area contributed by atoms with Crippen molar-refractivity contribution < 1.29 is 4.74 Å². The Balaban J connectivity index is 1.37. The molecule has 0 aromatic carbocycles. The van der Waals surface area contributed by atoms with Crippen LogP contribution in [0.25, 0.3) is 0 Å². The zero-order chi connectivity index (χ0) is 20.0. The molecule has 1 aliphatic carbocycles. The first kappa shape index (κ1) is 21.6. The van der Waals surface area contributed by atoms with Crippen molar-refractivity contribution in [3.63, 3.8) is 0 Å². The van der Waals surface area contributed by atoms with E-state index in [1.165, 1.54) is 36.4 Å². The Morgan fingerprint density at radius 2 is 1.96 bits per heavy atom. The smallest absolute Gasteiger partial charge is 0.193 e. The number of aliphatic imine (C=N–C) groups is 1. The summed E-state index contributed by atoms with van der Waals surface area (Å²) in [5, 5.41) is 6.92. The lowest BCUT2D eigenvalue weighted by atomic mass is 9.93. The molecular weight excluding hydrogens is 368 g/mol. The summed E-state index contributed by atoms with van der Waals surface area (Å²) in [6.07, 6.45) is 9.11. The fourth-order valence-corrected chi connectivity index (χ4v) is 5.09. The van der Waals surface area contributed by atoms with Crippen LogP contribution in [-0.4, -0.2) is 55.2 Å². The second kappa shape index (κ2) is 10.1. The van der Waals surface area contributed by atoms with Gasteiger partial charge in [-0.2, -0.15) is 0 Å². The van der Waals surface area contributed by atoms with E-state index in [-0.39, 0.29) is 5.41 Å². The molecule has 1 aliphatic heterocycles. The zero-order valence-electron chi connectivity index (χ0n) is 18.2. The second-order valence-electron chi connectivity index (χ2n) is 9.27. The number of guanidine groups is 1. The highest BCUT2D eigenvalue weighted by Gasteiger charge is 2.24. The number of piperidine rings is 1. The highest BCUT2D eigenvalue weighted by molar-refractivity contribution is 7.09. The van der Waals surface area contributed by atoms with Gasteiger partial charge in [-0.05, 0) is 31.6 Å². The average molecular weight is 407 g/mol. The molecule has 5 nitrogen and oxygen atoms in total. The van der Waals surface area contributed by atoms with Crippen LogP contribution in [0.5, 0.6) is 0 Å². The van der Waals surface area contributed by atoms with Crippen molar-refractivity contribution in [2.45, 2.75) is 77.2 Å². The van der Waals surface area contributed by atoms with Crippen LogP contribution in [0.15, 0.2) is 10.4 Å². The molecular formula is C22H38N4OS. The largest absolute Gasteiger partial charge is 0.378 e. The molecule has 6 heteroatoms. The lowest BCUT2D eigenvalue weighted by Crippen LogP contribution is -2.47. The predicted octanol–water partition coefficient (Wildman–Crippen LogP) is 4.23. The molecule has 0 atom stereocenters. The second-order valence-corrected chi connectivity index (χ2v) is 10.2. The topological polar surface area (TPSA) is 49.8 Å². The molecule has 0 spiro atoms. The third kappa shape index (κ3) is 6.18. The Bertz CT molecular complexity index is 623. The van der Waals surface area contributed by atoms with Crippen molar-refractivity contribution in [3.05, 3.63) is 16.1 Å². The van der Waals surface area contributed by atoms with Gasteiger partial charge in [-0.1, -0.05) is 33.6 Å². The number of hydrogen-bond acceptors (Lipinski definition) is 4. The summed E-state index contributed by atoms with van der Waals surface area (Å²) >= 11 is 1.77. The highest BCUT2D eigenvalue weighted by atomic mass is 32.1. The summed E-state index contributed by atoms with van der Waals surface area (Å²) in [6.45, 7) is 10.6. The van der Waals surface area contributed by atoms with Crippen LogP contribution in [0, 0.1) is 5.92 Å². The fraction of sp³-hybridized carbons (Fsp3) is 0.818. The van der Waals surface area contributed by atoms with Crippen LogP contribution in [0.4, 0.5) is 0 Å². The summed E-state index contributed by atoms with van der Waals surface area (Å²) in [5.41, 5.74) is 1.32. The first-order valence-electron chi connectivity index (χ1n) is 11.0. The Morgan fingerprint density at radius 3 is 2.57 bits per heavy atom. The summed E-state index contributed by atoms with van der Waals surface area (Å²) in [7, 11) is 1.88. The van der Waals surface area contributed by atoms with E-state index in [1.54, 1.807) is 11.3 Å². The Kier molecular flexibility index (Phi) is 7.75. The standard InChI is InChI=1S/C22H38N4OS/c1-22(2,3)19-16-28-20(25-19)9-12-24-21(23-4)26-13-10-18(11-14-26)27-15-17-7-5-6-8-17/h16-18H,5-15H2,1-4H3,(H,23,24). The van der Waals surface area contributed by atoms with Gasteiger partial charge in [0.1, 0.15) is 0 Å². The Hall–Kier alpha value is -1.14. The van der Waals surface area contributed by atoms with Crippen molar-refractivity contribution in [1.29, 1.82) is 0 Å². The maximum absolute atomic E-state index is 6.20. The fourth-order valence-electron chi connectivity index (χ4n) is 4.07. The average Bonchev–Trinajstić information content (AvgIpc) is 3.36. The molecule has 0 radical (unpaired) electrons. The van der Waals surface area contributed by atoms with Gasteiger partial charge in [0.05, 0.1) is 16.8 Å². The van der Waals surface area contributed by atoms with Crippen LogP contribution in [-0.2, 0) is 16.6 Å². The van der Waals surface area contributed by atoms with Crippen LogP contribution < -0.4 is 5.32 Å². The molecule has 0 bridgehead atoms. The van der Waals surface area contributed by atoms with Crippen molar-refractivity contribution in [2.24, 2.45) is 10.9 Å². The SMILES string of the molecule is CN=C(NCCc1nc(C(C)(C)C)cs1)N1CCC(OCC2CCCC2)CC1. The van der Waals surface area contributed by atoms with Gasteiger partial charge in [-0.25, -0.2) is 4.98 Å². The van der Waals surface area contributed by atoms with E-state index in [1.807, 2.05) is 7.05 Å². The van der Waals surface area contributed by atoms with Crippen LogP contribution in [0.1, 0.15) is 70.0 Å². The Labute approximate surface area is 175 Å². The molecule has 2 fully saturated rings. The lowest BCUT2D eigenvalue weighted by molar-refractivity contribution is 0.00103. The number of rotatable bonds is 6. The maximum atomic E-state index is 6.20. The normalized spacial score (nSPS) is 20.1. The van der Waals surface area contributed by atoms with Gasteiger partial charge in [0.15, 0.2) is 5.96 Å². The zero-order valence-corrected chi connectivity index (χ0v) is 19.0. The molecule has 2 aliphatic rings. The van der Waals surface area contributed by atoms with E-state index in [9.17, 15) is 0 Å². The highest BCUT2D eigenvalue weighted by Crippen LogP contribution is 2.26. The van der Waals surface area contributed by atoms with E-state index in [0.29, 0.717) is 6.10 Å². The van der Waals surface area contributed by atoms with Gasteiger partial charge in [-0.3, -0.25) is 4.99 Å². The minimum Gasteiger partial charge on any atom is -0.378 e. The minimum absolute atomic E-state index is 0.127. The molecule has 3 rings (SSSR count). The van der Waals surface area contributed by atoms with Gasteiger partial charge < -0.3 is 15.0 Å². The van der Waals surface area contributed by atoms with Crippen molar-refractivity contribution in [1.82, 2.24) is 15.2 Å². The van der Waals surface area contributed by atoms with Crippen LogP contribution in [0.2, 0.25) is 0 Å². The number of likely N-dealkylation sites (tertiary alicyclic amines) is 1. The molecule has 2 heterocycles. The third-order valence-electron chi connectivity index (χ3n) is 5.94. The van der Waals surface area contributed by atoms with Gasteiger partial charge in [0, 0.05) is 50.5 Å². The van der Waals surface area contributed by atoms with Crippen molar-refractivity contribution in [3.8, 4) is 0 Å². The monoisotopic (exact) mass is 406 g/mol. The molecule has 1 aromatic rings. The Morgan fingerprint density at radius 1 is 1.25 bits per heavy atom. The van der Waals surface area contributed by atoms with Gasteiger partial charge in [-0.15, -0.1) is 11.3 Å². The first-order valence-corrected chi connectivity index (χ1v) is 11.9. The number of hydrogen-bond donors (Lipinski definition) is 1.